The van der Waals surface area contributed by atoms with Crippen molar-refractivity contribution in [3.63, 3.8) is 0 Å². The largest absolute Gasteiger partial charge is 0.507 e. The molecule has 3 fully saturated rings. The van der Waals surface area contributed by atoms with Crippen molar-refractivity contribution in [1.29, 1.82) is 0 Å². The van der Waals surface area contributed by atoms with Crippen LogP contribution >= 0.6 is 35.3 Å². The zero-order valence-corrected chi connectivity index (χ0v) is 75.7. The number of hydrogen-bond acceptors (Lipinski definition) is 23. The van der Waals surface area contributed by atoms with Crippen molar-refractivity contribution < 1.29 is 50.9 Å². The van der Waals surface area contributed by atoms with Crippen LogP contribution in [0.5, 0.6) is 11.5 Å². The highest BCUT2D eigenvalue weighted by molar-refractivity contribution is 7.99. The van der Waals surface area contributed by atoms with Crippen LogP contribution in [0.2, 0.25) is 0 Å². The Kier molecular flexibility index (Phi) is 27.9. The lowest BCUT2D eigenvalue weighted by molar-refractivity contribution is -0.129. The van der Waals surface area contributed by atoms with Crippen LogP contribution in [0.4, 0.5) is 43.8 Å². The molecule has 5 atom stereocenters. The second-order valence-electron chi connectivity index (χ2n) is 32.3. The van der Waals surface area contributed by atoms with Crippen LogP contribution < -0.4 is 31.8 Å². The van der Waals surface area contributed by atoms with Gasteiger partial charge in [0.2, 0.25) is 17.7 Å². The molecule has 2 N–H and O–H groups in total. The highest BCUT2D eigenvalue weighted by Crippen LogP contribution is 2.44. The van der Waals surface area contributed by atoms with Crippen LogP contribution in [-0.2, 0) is 14.4 Å². The summed E-state index contributed by atoms with van der Waals surface area (Å²) in [5.74, 6) is -6.09. The number of phenolic OH excluding ortho intramolecular Hbond substituents is 2. The first-order chi connectivity index (χ1) is 61.0. The summed E-state index contributed by atoms with van der Waals surface area (Å²) < 4.78 is 97.1. The monoisotopic (exact) mass is 1800 g/mol. The summed E-state index contributed by atoms with van der Waals surface area (Å²) in [6, 6.07) is 19.4. The molecule has 12 heterocycles. The summed E-state index contributed by atoms with van der Waals surface area (Å²) in [6.45, 7) is 36.1. The van der Waals surface area contributed by atoms with E-state index in [0.29, 0.717) is 90.2 Å². The number of nitrogens with zero attached hydrogens (tertiary/aromatic N) is 18. The fourth-order valence-corrected chi connectivity index (χ4v) is 18.4. The second kappa shape index (κ2) is 38.4. The third-order valence-corrected chi connectivity index (χ3v) is 25.2. The van der Waals surface area contributed by atoms with Crippen molar-refractivity contribution in [1.82, 2.24) is 73.3 Å². The highest BCUT2D eigenvalue weighted by atomic mass is 32.2. The number of aromatic nitrogens is 12. The van der Waals surface area contributed by atoms with E-state index >= 15 is 17.6 Å². The molecule has 15 rings (SSSR count). The third-order valence-electron chi connectivity index (χ3n) is 22.8. The number of amides is 3. The normalized spacial score (nSPS) is 16.6. The number of thioether (sulfide) groups is 3. The van der Waals surface area contributed by atoms with Gasteiger partial charge in [-0.25, -0.2) is 69.4 Å². The first-order valence-corrected chi connectivity index (χ1v) is 45.0. The number of carbonyl (C=O) groups excluding carboxylic acids is 3. The molecule has 9 aromatic heterocycles. The fourth-order valence-electron chi connectivity index (χ4n) is 16.6. The molecule has 35 heteroatoms. The van der Waals surface area contributed by atoms with Gasteiger partial charge in [0, 0.05) is 109 Å². The zero-order valence-electron chi connectivity index (χ0n) is 73.2. The minimum absolute atomic E-state index is 0.0265. The van der Waals surface area contributed by atoms with Crippen molar-refractivity contribution in [2.75, 3.05) is 79.3 Å². The van der Waals surface area contributed by atoms with Crippen molar-refractivity contribution in [2.24, 2.45) is 0 Å². The maximum Gasteiger partial charge on any atom is 0.355 e. The lowest BCUT2D eigenvalue weighted by Gasteiger charge is -2.44. The van der Waals surface area contributed by atoms with Crippen LogP contribution in [0.15, 0.2) is 177 Å². The van der Waals surface area contributed by atoms with Crippen LogP contribution in [0, 0.1) is 41.8 Å². The van der Waals surface area contributed by atoms with Gasteiger partial charge in [0.05, 0.1) is 67.0 Å². The predicted octanol–water partition coefficient (Wildman–Crippen LogP) is 16.1. The van der Waals surface area contributed by atoms with Crippen molar-refractivity contribution in [3.05, 3.63) is 237 Å². The minimum Gasteiger partial charge on any atom is -0.507 e. The molecule has 3 aliphatic heterocycles. The number of pyridine rings is 6. The van der Waals surface area contributed by atoms with Gasteiger partial charge in [-0.3, -0.25) is 29.3 Å². The molecule has 3 saturated heterocycles. The number of phenols is 2. The molecule has 3 aromatic carbocycles. The summed E-state index contributed by atoms with van der Waals surface area (Å²) in [5, 5.41) is 21.7. The van der Waals surface area contributed by atoms with Gasteiger partial charge >= 0.3 is 17.1 Å². The number of aryl methyl sites for hydroxylation is 1. The van der Waals surface area contributed by atoms with E-state index in [-0.39, 0.29) is 122 Å². The lowest BCUT2D eigenvalue weighted by Crippen LogP contribution is -2.58. The number of aromatic hydroxyl groups is 2. The first-order valence-electron chi connectivity index (χ1n) is 41.3. The van der Waals surface area contributed by atoms with Gasteiger partial charge in [0.25, 0.3) is 0 Å². The number of anilines is 3. The van der Waals surface area contributed by atoms with Crippen molar-refractivity contribution >= 4 is 104 Å². The molecule has 26 nitrogen and oxygen atoms in total. The summed E-state index contributed by atoms with van der Waals surface area (Å²) in [7, 11) is 0. The molecule has 3 aliphatic rings. The van der Waals surface area contributed by atoms with Gasteiger partial charge in [-0.05, 0) is 175 Å². The van der Waals surface area contributed by atoms with Crippen LogP contribution in [-0.4, -0.2) is 196 Å². The van der Waals surface area contributed by atoms with Crippen molar-refractivity contribution in [3.8, 4) is 62.3 Å². The number of rotatable bonds is 18. The van der Waals surface area contributed by atoms with Gasteiger partial charge in [-0.2, -0.15) is 15.0 Å². The Morgan fingerprint density at radius 1 is 0.414 bits per heavy atom. The van der Waals surface area contributed by atoms with E-state index in [1.807, 2.05) is 110 Å². The Hall–Kier alpha value is -12.8. The van der Waals surface area contributed by atoms with Gasteiger partial charge in [-0.1, -0.05) is 79.5 Å². The Labute approximate surface area is 747 Å². The molecule has 0 radical (unpaired) electrons. The topological polar surface area (TPSA) is 293 Å². The highest BCUT2D eigenvalue weighted by Gasteiger charge is 2.39. The van der Waals surface area contributed by atoms with Crippen molar-refractivity contribution in [2.45, 2.75) is 146 Å². The summed E-state index contributed by atoms with van der Waals surface area (Å²) in [5.41, 5.74) is 0.362. The molecule has 0 bridgehead atoms. The van der Waals surface area contributed by atoms with E-state index in [2.05, 4.69) is 59.6 Å². The fraction of sp³-hybridized carbons (Fsp3) is 0.323. The van der Waals surface area contributed by atoms with E-state index in [4.69, 9.17) is 4.98 Å². The van der Waals surface area contributed by atoms with Gasteiger partial charge in [-0.15, -0.1) is 35.3 Å². The zero-order chi connectivity index (χ0) is 92.6. The first kappa shape index (κ1) is 92.9. The molecule has 128 heavy (non-hydrogen) atoms. The Morgan fingerprint density at radius 3 is 1.12 bits per heavy atom. The van der Waals surface area contributed by atoms with Gasteiger partial charge < -0.3 is 39.6 Å². The molecule has 3 amide bonds. The maximum absolute atomic E-state index is 16.0. The average Bonchev–Trinajstić information content (AvgIpc) is 0.744. The van der Waals surface area contributed by atoms with E-state index in [1.165, 1.54) is 116 Å². The van der Waals surface area contributed by atoms with E-state index < -0.39 is 86.0 Å². The Bertz CT molecular complexity index is 6330. The SMILES string of the molecule is C=CC(=O)N1CCN(c2nc(=O)n(-c3c(C)ccnc3C(C)C)c3nc(-c4c(F)cccc4SC)c(F)cc23)[C@@H](C)C1.C=CC(=O)N1C[C@H](C)N(c2nc(=O)n(-c3c(SC)ccnc3C(C)C)c3nc(-c4c(O)cccc4F)c(F)cc23)C[C@H]1C.C=CC(=O)N1C[C@H](C)N(c2nc(=O)n(-c3c(SC)ccnc3C(C)C)c3nc(-c4c(O)cccc4F)c(F)cc23)C[C@H]1C. The smallest absolute Gasteiger partial charge is 0.355 e. The standard InChI is InChI=1S/2C31H32F2N6O3S.C31H32F2N6O2S/c2*1-7-24(41)37-14-18(5)38(15-17(37)4)29-19-13-21(33)27(25-20(32)9-8-10-22(25)40)35-30(19)39(31(42)36-29)28-23(43-6)11-12-34-26(28)16(2)3;1-7-24(40)37-13-14-38(19(5)16-37)29-20-15-22(33)27(25-21(32)9-8-10-23(25)42-6)35-30(20)39(31(41)36-29)28-18(4)11-12-34-26(28)17(2)3/h2*7-13,16-18,40H,1,14-15H2,2-6H3;7-12,15,17,19H,1,13-14,16H2,2-6H3/t2*17-,18+;19-/m110/s1. The van der Waals surface area contributed by atoms with Crippen LogP contribution in [0.1, 0.15) is 117 Å². The molecular weight excluding hydrogens is 1710 g/mol. The van der Waals surface area contributed by atoms with Gasteiger partial charge in [0.1, 0.15) is 63.5 Å². The number of halogens is 6. The van der Waals surface area contributed by atoms with Crippen LogP contribution in [0.3, 0.4) is 0 Å². The van der Waals surface area contributed by atoms with E-state index in [0.717, 1.165) is 27.5 Å². The predicted molar refractivity (Wildman–Crippen MR) is 490 cm³/mol. The number of hydrogen-bond donors (Lipinski definition) is 2. The number of carbonyl (C=O) groups is 3. The van der Waals surface area contributed by atoms with Crippen LogP contribution in [0.25, 0.3) is 83.9 Å². The Balaban J connectivity index is 0.000000164. The molecule has 0 aliphatic carbocycles. The minimum atomic E-state index is -0.900. The second-order valence-corrected chi connectivity index (χ2v) is 34.8. The number of fused-ring (bicyclic) bond motifs is 3. The summed E-state index contributed by atoms with van der Waals surface area (Å²) >= 11 is 4.08. The molecule has 666 valence electrons. The lowest BCUT2D eigenvalue weighted by atomic mass is 10.0. The van der Waals surface area contributed by atoms with E-state index in [1.54, 1.807) is 69.9 Å². The average molecular weight is 1800 g/mol. The molecule has 0 unspecified atom stereocenters. The summed E-state index contributed by atoms with van der Waals surface area (Å²) in [4.78, 5) is 133. The molecule has 0 spiro atoms. The number of benzene rings is 3. The molecule has 12 aromatic rings. The number of piperazine rings is 3. The molecular formula is C93H96F6N18O8S3. The third kappa shape index (κ3) is 17.7. The quantitative estimate of drug-likeness (QED) is 0.0458. The maximum atomic E-state index is 16.0. The summed E-state index contributed by atoms with van der Waals surface area (Å²) in [6.07, 6.45) is 14.3. The van der Waals surface area contributed by atoms with Gasteiger partial charge in [0.15, 0.2) is 34.4 Å². The van der Waals surface area contributed by atoms with E-state index in [9.17, 15) is 47.8 Å². The Morgan fingerprint density at radius 2 is 0.758 bits per heavy atom. The molecule has 0 saturated carbocycles.